The van der Waals surface area contributed by atoms with Crippen molar-refractivity contribution in [2.75, 3.05) is 0 Å². The molecule has 2 atom stereocenters. The van der Waals surface area contributed by atoms with Gasteiger partial charge in [-0.3, -0.25) is 9.35 Å². The van der Waals surface area contributed by atoms with Gasteiger partial charge in [-0.05, 0) is 24.3 Å². The van der Waals surface area contributed by atoms with Gasteiger partial charge in [0.05, 0.1) is 6.04 Å². The Bertz CT molecular complexity index is 586. The van der Waals surface area contributed by atoms with E-state index in [-0.39, 0.29) is 18.8 Å². The third-order valence-electron chi connectivity index (χ3n) is 3.22. The summed E-state index contributed by atoms with van der Waals surface area (Å²) >= 11 is 0. The van der Waals surface area contributed by atoms with Crippen LogP contribution in [0.1, 0.15) is 25.8 Å². The molecule has 1 rings (SSSR count). The van der Waals surface area contributed by atoms with Gasteiger partial charge in [0.2, 0.25) is 4.87 Å². The summed E-state index contributed by atoms with van der Waals surface area (Å²) in [7, 11) is -4.75. The second-order valence-electron chi connectivity index (χ2n) is 5.62. The lowest BCUT2D eigenvalue weighted by molar-refractivity contribution is -0.123. The molecular weight excluding hydrogens is 292 g/mol. The van der Waals surface area contributed by atoms with Crippen molar-refractivity contribution in [2.45, 2.75) is 37.6 Å². The molecule has 6 nitrogen and oxygen atoms in total. The summed E-state index contributed by atoms with van der Waals surface area (Å²) in [5, 5.41) is 0. The predicted octanol–water partition coefficient (Wildman–Crippen LogP) is 0.714. The molecular formula is C14H22N2O4S. The first-order valence-electron chi connectivity index (χ1n) is 6.67. The van der Waals surface area contributed by atoms with Crippen LogP contribution in [0.25, 0.3) is 0 Å². The van der Waals surface area contributed by atoms with E-state index in [1.165, 1.54) is 0 Å². The zero-order valence-corrected chi connectivity index (χ0v) is 13.0. The highest BCUT2D eigenvalue weighted by Crippen LogP contribution is 2.23. The molecule has 0 aliphatic heterocycles. The summed E-state index contributed by atoms with van der Waals surface area (Å²) in [5.41, 5.74) is 12.3. The lowest BCUT2D eigenvalue weighted by atomic mass is 9.93. The van der Waals surface area contributed by atoms with Gasteiger partial charge in [0.15, 0.2) is 5.78 Å². The van der Waals surface area contributed by atoms with E-state index in [0.29, 0.717) is 0 Å². The molecule has 0 fully saturated rings. The second kappa shape index (κ2) is 6.65. The molecule has 1 aromatic carbocycles. The monoisotopic (exact) mass is 314 g/mol. The zero-order chi connectivity index (χ0) is 16.3. The molecule has 0 amide bonds. The van der Waals surface area contributed by atoms with Crippen molar-refractivity contribution in [1.29, 1.82) is 0 Å². The van der Waals surface area contributed by atoms with Crippen molar-refractivity contribution in [1.82, 2.24) is 0 Å². The smallest absolute Gasteiger partial charge is 0.291 e. The van der Waals surface area contributed by atoms with Crippen LogP contribution in [-0.2, 0) is 21.3 Å². The maximum absolute atomic E-state index is 12.4. The third kappa shape index (κ3) is 4.34. The third-order valence-corrected chi connectivity index (χ3v) is 4.51. The summed E-state index contributed by atoms with van der Waals surface area (Å²) in [6.45, 7) is 3.42. The van der Waals surface area contributed by atoms with Crippen LogP contribution in [0, 0.1) is 5.92 Å². The molecule has 118 valence electrons. The topological polar surface area (TPSA) is 123 Å². The van der Waals surface area contributed by atoms with Crippen LogP contribution < -0.4 is 11.5 Å². The highest BCUT2D eigenvalue weighted by Gasteiger charge is 2.48. The van der Waals surface area contributed by atoms with E-state index in [0.717, 1.165) is 5.56 Å². The average molecular weight is 314 g/mol. The highest BCUT2D eigenvalue weighted by atomic mass is 32.2. The zero-order valence-electron chi connectivity index (χ0n) is 12.2. The number of nitrogens with two attached hydrogens (primary N) is 2. The number of ketones is 1. The fraction of sp³-hybridized carbons (Fsp3) is 0.500. The van der Waals surface area contributed by atoms with Crippen molar-refractivity contribution in [3.63, 3.8) is 0 Å². The van der Waals surface area contributed by atoms with E-state index in [1.54, 1.807) is 38.1 Å². The number of Topliss-reactive ketones (excluding diaryl/α,β-unsaturated/α-hetero) is 1. The Hall–Kier alpha value is -1.28. The lowest BCUT2D eigenvalue weighted by Gasteiger charge is -2.29. The quantitative estimate of drug-likeness (QED) is 0.637. The van der Waals surface area contributed by atoms with E-state index in [9.17, 15) is 17.8 Å². The van der Waals surface area contributed by atoms with Crippen LogP contribution >= 0.6 is 0 Å². The SMILES string of the molecule is CC(C)CC(N)(C(=O)[C@@H](N)Cc1ccccc1)S(=O)(=O)O. The van der Waals surface area contributed by atoms with E-state index in [4.69, 9.17) is 11.5 Å². The molecule has 21 heavy (non-hydrogen) atoms. The van der Waals surface area contributed by atoms with Crippen molar-refractivity contribution in [2.24, 2.45) is 17.4 Å². The van der Waals surface area contributed by atoms with Gasteiger partial charge in [-0.1, -0.05) is 44.2 Å². The Kier molecular flexibility index (Phi) is 5.63. The fourth-order valence-electron chi connectivity index (χ4n) is 2.21. The molecule has 1 aromatic rings. The normalized spacial score (nSPS) is 16.5. The van der Waals surface area contributed by atoms with Crippen LogP contribution in [-0.4, -0.2) is 29.7 Å². The number of hydrogen-bond donors (Lipinski definition) is 3. The van der Waals surface area contributed by atoms with Gasteiger partial charge in [0, 0.05) is 0 Å². The maximum atomic E-state index is 12.4. The van der Waals surface area contributed by atoms with Gasteiger partial charge in [-0.25, -0.2) is 0 Å². The molecule has 0 aromatic heterocycles. The van der Waals surface area contributed by atoms with Crippen molar-refractivity contribution >= 4 is 15.9 Å². The molecule has 0 heterocycles. The van der Waals surface area contributed by atoms with Crippen LogP contribution in [0.2, 0.25) is 0 Å². The van der Waals surface area contributed by atoms with Crippen molar-refractivity contribution < 1.29 is 17.8 Å². The first-order valence-corrected chi connectivity index (χ1v) is 8.11. The molecule has 0 spiro atoms. The summed E-state index contributed by atoms with van der Waals surface area (Å²) < 4.78 is 32.4. The van der Waals surface area contributed by atoms with Gasteiger partial charge < -0.3 is 11.5 Å². The van der Waals surface area contributed by atoms with Crippen molar-refractivity contribution in [3.8, 4) is 0 Å². The van der Waals surface area contributed by atoms with Gasteiger partial charge in [-0.2, -0.15) is 8.42 Å². The standard InChI is InChI=1S/C14H22N2O4S/c1-10(2)9-14(16,21(18,19)20)13(17)12(15)8-11-6-4-3-5-7-11/h3-7,10,12H,8-9,15-16H2,1-2H3,(H,18,19,20)/t12-,14?/m0/s1. The minimum Gasteiger partial charge on any atom is -0.321 e. The molecule has 7 heteroatoms. The molecule has 0 aliphatic carbocycles. The Balaban J connectivity index is 3.01. The number of carbonyl (C=O) groups excluding carboxylic acids is 1. The van der Waals surface area contributed by atoms with Crippen LogP contribution in [0.5, 0.6) is 0 Å². The molecule has 1 unspecified atom stereocenters. The second-order valence-corrected chi connectivity index (χ2v) is 7.30. The van der Waals surface area contributed by atoms with Crippen molar-refractivity contribution in [3.05, 3.63) is 35.9 Å². The van der Waals surface area contributed by atoms with Crippen LogP contribution in [0.4, 0.5) is 0 Å². The van der Waals surface area contributed by atoms with E-state index < -0.39 is 26.8 Å². The van der Waals surface area contributed by atoms with Gasteiger partial charge in [0.1, 0.15) is 0 Å². The van der Waals surface area contributed by atoms with Gasteiger partial charge in [0.25, 0.3) is 10.1 Å². The number of rotatable bonds is 7. The number of carbonyl (C=O) groups is 1. The van der Waals surface area contributed by atoms with E-state index >= 15 is 0 Å². The summed E-state index contributed by atoms with van der Waals surface area (Å²) in [4.78, 5) is 10.00. The maximum Gasteiger partial charge on any atom is 0.291 e. The van der Waals surface area contributed by atoms with Crippen LogP contribution in [0.15, 0.2) is 30.3 Å². The largest absolute Gasteiger partial charge is 0.321 e. The summed E-state index contributed by atoms with van der Waals surface area (Å²) in [6.07, 6.45) is -0.0284. The van der Waals surface area contributed by atoms with E-state index in [2.05, 4.69) is 0 Å². The van der Waals surface area contributed by atoms with Gasteiger partial charge in [-0.15, -0.1) is 0 Å². The Morgan fingerprint density at radius 2 is 1.81 bits per heavy atom. The summed E-state index contributed by atoms with van der Waals surface area (Å²) in [5.74, 6) is -1.06. The Morgan fingerprint density at radius 3 is 2.24 bits per heavy atom. The van der Waals surface area contributed by atoms with E-state index in [1.807, 2.05) is 6.07 Å². The van der Waals surface area contributed by atoms with Gasteiger partial charge >= 0.3 is 0 Å². The molecule has 0 aliphatic rings. The minimum absolute atomic E-state index is 0.159. The first kappa shape index (κ1) is 17.8. The molecule has 0 saturated carbocycles. The Labute approximate surface area is 125 Å². The molecule has 0 bridgehead atoms. The fourth-order valence-corrected chi connectivity index (χ4v) is 3.16. The lowest BCUT2D eigenvalue weighted by Crippen LogP contribution is -2.60. The first-order chi connectivity index (χ1) is 9.58. The predicted molar refractivity (Wildman–Crippen MR) is 81.1 cm³/mol. The summed E-state index contributed by atoms with van der Waals surface area (Å²) in [6, 6.07) is 7.86. The number of benzene rings is 1. The highest BCUT2D eigenvalue weighted by molar-refractivity contribution is 7.88. The average Bonchev–Trinajstić information content (AvgIpc) is 2.36. The number of hydrogen-bond acceptors (Lipinski definition) is 5. The molecule has 0 radical (unpaired) electrons. The van der Waals surface area contributed by atoms with Crippen LogP contribution in [0.3, 0.4) is 0 Å². The molecule has 5 N–H and O–H groups in total. The molecule has 0 saturated heterocycles. The minimum atomic E-state index is -4.75. The Morgan fingerprint density at radius 1 is 1.29 bits per heavy atom.